The Morgan fingerprint density at radius 2 is 1.68 bits per heavy atom. The van der Waals surface area contributed by atoms with Crippen LogP contribution in [0.15, 0.2) is 81.7 Å². The summed E-state index contributed by atoms with van der Waals surface area (Å²) in [5.41, 5.74) is 7.94. The molecule has 2 N–H and O–H groups in total. The van der Waals surface area contributed by atoms with E-state index in [4.69, 9.17) is 15.2 Å². The summed E-state index contributed by atoms with van der Waals surface area (Å²) < 4.78 is 10.8. The second-order valence-electron chi connectivity index (χ2n) is 6.71. The molecular weight excluding hydrogens is 462 g/mol. The van der Waals surface area contributed by atoms with Crippen molar-refractivity contribution in [2.75, 3.05) is 14.2 Å². The largest absolute Gasteiger partial charge is 0.466 e. The second-order valence-corrected chi connectivity index (χ2v) is 7.63. The van der Waals surface area contributed by atoms with Gasteiger partial charge < -0.3 is 20.1 Å². The molecule has 1 aliphatic rings. The molecule has 8 heteroatoms. The molecule has 1 unspecified atom stereocenters. The minimum absolute atomic E-state index is 0.00152. The van der Waals surface area contributed by atoms with Crippen LogP contribution in [0.1, 0.15) is 17.0 Å². The first kappa shape index (κ1) is 22.1. The molecule has 0 saturated heterocycles. The Labute approximate surface area is 188 Å². The number of nitrogens with zero attached hydrogens (tertiary/aromatic N) is 2. The zero-order valence-electron chi connectivity index (χ0n) is 17.0. The maximum absolute atomic E-state index is 12.9. The van der Waals surface area contributed by atoms with E-state index in [1.54, 1.807) is 24.3 Å². The number of hydrogen-bond acceptors (Lipinski definition) is 7. The van der Waals surface area contributed by atoms with Crippen LogP contribution in [0.5, 0.6) is 0 Å². The highest BCUT2D eigenvalue weighted by Crippen LogP contribution is 2.42. The topological polar surface area (TPSA) is 106 Å². The maximum Gasteiger partial charge on any atom is 0.355 e. The zero-order valence-corrected chi connectivity index (χ0v) is 18.5. The lowest BCUT2D eigenvalue weighted by molar-refractivity contribution is -0.141. The molecule has 2 aromatic rings. The number of halogens is 1. The fourth-order valence-electron chi connectivity index (χ4n) is 3.52. The summed E-state index contributed by atoms with van der Waals surface area (Å²) in [6.07, 6.45) is 0. The number of rotatable bonds is 5. The summed E-state index contributed by atoms with van der Waals surface area (Å²) in [6.45, 7) is 0.163. The maximum atomic E-state index is 12.9. The lowest BCUT2D eigenvalue weighted by Crippen LogP contribution is -2.40. The quantitative estimate of drug-likeness (QED) is 0.652. The monoisotopic (exact) mass is 481 g/mol. The van der Waals surface area contributed by atoms with Gasteiger partial charge in [-0.15, -0.1) is 0 Å². The standard InChI is InChI=1S/C23H20BrN3O4/c1-30-22(28)19-18(15-8-10-16(24)11-9-15)17(12-25)21(26)27(20(19)23(29)31-2)13-14-6-4-3-5-7-14/h3-11,18H,13,26H2,1-2H3. The van der Waals surface area contributed by atoms with Gasteiger partial charge in [-0.3, -0.25) is 0 Å². The first-order chi connectivity index (χ1) is 14.9. The number of nitrogens with two attached hydrogens (primary N) is 1. The summed E-state index contributed by atoms with van der Waals surface area (Å²) in [7, 11) is 2.44. The Kier molecular flexibility index (Phi) is 6.78. The van der Waals surface area contributed by atoms with Crippen molar-refractivity contribution in [2.45, 2.75) is 12.5 Å². The number of benzene rings is 2. The normalized spacial score (nSPS) is 16.1. The summed E-state index contributed by atoms with van der Waals surface area (Å²) in [4.78, 5) is 27.2. The van der Waals surface area contributed by atoms with Gasteiger partial charge in [-0.2, -0.15) is 5.26 Å². The average molecular weight is 482 g/mol. The van der Waals surface area contributed by atoms with Gasteiger partial charge in [0, 0.05) is 11.0 Å². The molecule has 2 aromatic carbocycles. The van der Waals surface area contributed by atoms with Crippen molar-refractivity contribution in [1.82, 2.24) is 4.90 Å². The SMILES string of the molecule is COC(=O)C1=C(C(=O)OC)N(Cc2ccccc2)C(N)=C(C#N)C1c1ccc(Br)cc1. The van der Waals surface area contributed by atoms with E-state index < -0.39 is 17.9 Å². The molecule has 3 rings (SSSR count). The summed E-state index contributed by atoms with van der Waals surface area (Å²) in [5, 5.41) is 9.97. The van der Waals surface area contributed by atoms with Gasteiger partial charge >= 0.3 is 11.9 Å². The minimum Gasteiger partial charge on any atom is -0.466 e. The van der Waals surface area contributed by atoms with Gasteiger partial charge in [-0.05, 0) is 23.3 Å². The number of esters is 2. The van der Waals surface area contributed by atoms with E-state index >= 15 is 0 Å². The Morgan fingerprint density at radius 3 is 2.23 bits per heavy atom. The minimum atomic E-state index is -0.883. The fraction of sp³-hybridized carbons (Fsp3) is 0.174. The Hall–Kier alpha value is -3.57. The molecule has 7 nitrogen and oxygen atoms in total. The molecule has 1 atom stereocenters. The predicted octanol–water partition coefficient (Wildman–Crippen LogP) is 3.34. The number of carbonyl (C=O) groups is 2. The average Bonchev–Trinajstić information content (AvgIpc) is 2.80. The molecule has 0 saturated carbocycles. The number of nitriles is 1. The van der Waals surface area contributed by atoms with Crippen LogP contribution in [-0.2, 0) is 25.6 Å². The molecule has 1 heterocycles. The van der Waals surface area contributed by atoms with Gasteiger partial charge in [0.25, 0.3) is 0 Å². The van der Waals surface area contributed by atoms with Gasteiger partial charge in [0.2, 0.25) is 0 Å². The van der Waals surface area contributed by atoms with Crippen LogP contribution in [0.25, 0.3) is 0 Å². The van der Waals surface area contributed by atoms with Crippen LogP contribution in [0, 0.1) is 11.3 Å². The molecule has 0 amide bonds. The van der Waals surface area contributed by atoms with Crippen LogP contribution in [0.3, 0.4) is 0 Å². The lowest BCUT2D eigenvalue weighted by atomic mass is 9.81. The van der Waals surface area contributed by atoms with Gasteiger partial charge in [0.05, 0.1) is 37.4 Å². The van der Waals surface area contributed by atoms with Gasteiger partial charge in [-0.25, -0.2) is 9.59 Å². The number of ether oxygens (including phenoxy) is 2. The lowest BCUT2D eigenvalue weighted by Gasteiger charge is -2.36. The third kappa shape index (κ3) is 4.32. The van der Waals surface area contributed by atoms with Crippen molar-refractivity contribution in [3.63, 3.8) is 0 Å². The Morgan fingerprint density at radius 1 is 1.06 bits per heavy atom. The van der Waals surface area contributed by atoms with Crippen molar-refractivity contribution < 1.29 is 19.1 Å². The second kappa shape index (κ2) is 9.49. The smallest absolute Gasteiger partial charge is 0.355 e. The molecule has 0 aliphatic carbocycles. The van der Waals surface area contributed by atoms with E-state index in [1.165, 1.54) is 19.1 Å². The third-order valence-corrected chi connectivity index (χ3v) is 5.49. The van der Waals surface area contributed by atoms with E-state index in [0.717, 1.165) is 10.0 Å². The number of hydrogen-bond donors (Lipinski definition) is 1. The number of methoxy groups -OCH3 is 2. The van der Waals surface area contributed by atoms with Crippen LogP contribution in [0.4, 0.5) is 0 Å². The van der Waals surface area contributed by atoms with Crippen LogP contribution in [0.2, 0.25) is 0 Å². The molecule has 0 radical (unpaired) electrons. The summed E-state index contributed by atoms with van der Waals surface area (Å²) in [5.74, 6) is -2.30. The predicted molar refractivity (Wildman–Crippen MR) is 117 cm³/mol. The fourth-order valence-corrected chi connectivity index (χ4v) is 3.79. The van der Waals surface area contributed by atoms with Gasteiger partial charge in [0.15, 0.2) is 0 Å². The van der Waals surface area contributed by atoms with Crippen LogP contribution in [-0.4, -0.2) is 31.1 Å². The van der Waals surface area contributed by atoms with Crippen molar-refractivity contribution in [2.24, 2.45) is 5.73 Å². The third-order valence-electron chi connectivity index (χ3n) is 4.96. The molecule has 0 aromatic heterocycles. The summed E-state index contributed by atoms with van der Waals surface area (Å²) in [6, 6.07) is 18.5. The first-order valence-corrected chi connectivity index (χ1v) is 10.1. The van der Waals surface area contributed by atoms with E-state index in [1.807, 2.05) is 30.3 Å². The Bertz CT molecular complexity index is 1100. The molecule has 0 spiro atoms. The van der Waals surface area contributed by atoms with Crippen LogP contribution < -0.4 is 5.73 Å². The van der Waals surface area contributed by atoms with Gasteiger partial charge in [-0.1, -0.05) is 58.4 Å². The highest BCUT2D eigenvalue weighted by molar-refractivity contribution is 9.10. The molecule has 31 heavy (non-hydrogen) atoms. The van der Waals surface area contributed by atoms with E-state index in [0.29, 0.717) is 5.56 Å². The Balaban J connectivity index is 2.29. The molecule has 1 aliphatic heterocycles. The molecule has 0 bridgehead atoms. The molecule has 0 fully saturated rings. The number of carbonyl (C=O) groups excluding carboxylic acids is 2. The van der Waals surface area contributed by atoms with Crippen molar-refractivity contribution in [3.05, 3.63) is 92.9 Å². The van der Waals surface area contributed by atoms with E-state index in [9.17, 15) is 14.9 Å². The molecule has 158 valence electrons. The van der Waals surface area contributed by atoms with E-state index in [-0.39, 0.29) is 29.2 Å². The van der Waals surface area contributed by atoms with Crippen molar-refractivity contribution in [3.8, 4) is 6.07 Å². The van der Waals surface area contributed by atoms with E-state index in [2.05, 4.69) is 22.0 Å². The molecular formula is C23H20BrN3O4. The highest BCUT2D eigenvalue weighted by Gasteiger charge is 2.42. The summed E-state index contributed by atoms with van der Waals surface area (Å²) >= 11 is 3.38. The van der Waals surface area contributed by atoms with Crippen LogP contribution >= 0.6 is 15.9 Å². The zero-order chi connectivity index (χ0) is 22.5. The van der Waals surface area contributed by atoms with Crippen molar-refractivity contribution >= 4 is 27.9 Å². The first-order valence-electron chi connectivity index (χ1n) is 9.30. The number of allylic oxidation sites excluding steroid dienone is 1. The van der Waals surface area contributed by atoms with Gasteiger partial charge in [0.1, 0.15) is 11.5 Å². The highest BCUT2D eigenvalue weighted by atomic mass is 79.9. The van der Waals surface area contributed by atoms with Crippen molar-refractivity contribution in [1.29, 1.82) is 5.26 Å².